The Bertz CT molecular complexity index is 2060. The number of Topliss-reactive ketones (excluding diaryl/α,β-unsaturated/α-hetero) is 2. The number of azo groups is 2. The van der Waals surface area contributed by atoms with Gasteiger partial charge in [0.15, 0.2) is 11.6 Å². The van der Waals surface area contributed by atoms with Crippen molar-refractivity contribution >= 4 is 34.3 Å². The van der Waals surface area contributed by atoms with Gasteiger partial charge in [-0.25, -0.2) is 4.98 Å². The molecule has 1 aromatic heterocycles. The van der Waals surface area contributed by atoms with Crippen LogP contribution < -0.4 is 0 Å². The summed E-state index contributed by atoms with van der Waals surface area (Å²) in [6.07, 6.45) is 7.76. The first-order chi connectivity index (χ1) is 25.9. The largest absolute Gasteiger partial charge is 0.289 e. The van der Waals surface area contributed by atoms with E-state index in [0.717, 1.165) is 22.3 Å². The van der Waals surface area contributed by atoms with Crippen molar-refractivity contribution in [2.75, 3.05) is 0 Å². The van der Waals surface area contributed by atoms with E-state index in [1.807, 2.05) is 105 Å². The number of allylic oxidation sites excluding steroid dienone is 10. The van der Waals surface area contributed by atoms with Crippen LogP contribution in [-0.4, -0.2) is 16.6 Å². The number of benzene rings is 2. The zero-order chi connectivity index (χ0) is 41.4. The van der Waals surface area contributed by atoms with Gasteiger partial charge in [0.25, 0.3) is 0 Å². The van der Waals surface area contributed by atoms with Crippen LogP contribution in [0, 0.1) is 35.5 Å². The van der Waals surface area contributed by atoms with E-state index in [1.165, 1.54) is 0 Å². The number of hydrogen-bond donors (Lipinski definition) is 0. The number of hydrogen-bond acceptors (Lipinski definition) is 7. The summed E-state index contributed by atoms with van der Waals surface area (Å²) in [6, 6.07) is 21.5. The molecule has 0 aliphatic heterocycles. The molecule has 0 saturated carbocycles. The van der Waals surface area contributed by atoms with Crippen molar-refractivity contribution in [1.82, 2.24) is 4.98 Å². The van der Waals surface area contributed by atoms with E-state index in [9.17, 15) is 9.59 Å². The van der Waals surface area contributed by atoms with Gasteiger partial charge in [-0.05, 0) is 96.2 Å². The Morgan fingerprint density at radius 2 is 0.732 bits per heavy atom. The molecule has 0 saturated heterocycles. The first kappa shape index (κ1) is 41.7. The van der Waals surface area contributed by atoms with Crippen LogP contribution in [0.1, 0.15) is 106 Å². The van der Waals surface area contributed by atoms with E-state index in [0.29, 0.717) is 56.4 Å². The van der Waals surface area contributed by atoms with Gasteiger partial charge >= 0.3 is 0 Å². The van der Waals surface area contributed by atoms with Crippen LogP contribution in [-0.2, 0) is 9.59 Å². The van der Waals surface area contributed by atoms with Crippen molar-refractivity contribution in [2.24, 2.45) is 42.1 Å². The Balaban J connectivity index is 1.85. The lowest BCUT2D eigenvalue weighted by Crippen LogP contribution is -2.28. The molecule has 0 N–H and O–H groups in total. The highest BCUT2D eigenvalue weighted by molar-refractivity contribution is 6.13. The molecule has 0 radical (unpaired) electrons. The third kappa shape index (κ3) is 9.68. The lowest BCUT2D eigenvalue weighted by atomic mass is 9.71. The summed E-state index contributed by atoms with van der Waals surface area (Å²) < 4.78 is 0. The van der Waals surface area contributed by atoms with Gasteiger partial charge in [-0.3, -0.25) is 9.59 Å². The maximum absolute atomic E-state index is 14.0. The average molecular weight is 748 g/mol. The topological polar surface area (TPSA) is 96.5 Å². The van der Waals surface area contributed by atoms with E-state index in [4.69, 9.17) is 25.4 Å². The minimum Gasteiger partial charge on any atom is -0.289 e. The van der Waals surface area contributed by atoms with Crippen LogP contribution in [0.25, 0.3) is 11.4 Å². The summed E-state index contributed by atoms with van der Waals surface area (Å²) in [5.41, 5.74) is 8.29. The molecule has 0 spiro atoms. The summed E-state index contributed by atoms with van der Waals surface area (Å²) in [5.74, 6) is 0.0621. The Kier molecular flexibility index (Phi) is 11.6. The predicted molar refractivity (Wildman–Crippen MR) is 230 cm³/mol. The van der Waals surface area contributed by atoms with Gasteiger partial charge in [0.1, 0.15) is 11.4 Å². The Morgan fingerprint density at radius 1 is 0.446 bits per heavy atom. The molecule has 2 aliphatic rings. The van der Waals surface area contributed by atoms with E-state index in [1.54, 1.807) is 0 Å². The van der Waals surface area contributed by atoms with Gasteiger partial charge < -0.3 is 0 Å². The van der Waals surface area contributed by atoms with E-state index in [2.05, 4.69) is 83.1 Å². The molecule has 0 bridgehead atoms. The van der Waals surface area contributed by atoms with Crippen molar-refractivity contribution < 1.29 is 9.59 Å². The molecule has 7 heteroatoms. The minimum atomic E-state index is -0.428. The Morgan fingerprint density at radius 3 is 1.00 bits per heavy atom. The fraction of sp³-hybridized carbons (Fsp3) is 0.367. The normalized spacial score (nSPS) is 16.0. The second kappa shape index (κ2) is 15.6. The molecule has 290 valence electrons. The second-order valence-electron chi connectivity index (χ2n) is 19.0. The number of rotatable bonds is 6. The number of carbonyl (C=O) groups excluding carboxylic acids is 2. The molecule has 5 rings (SSSR count). The summed E-state index contributed by atoms with van der Waals surface area (Å²) in [7, 11) is 0. The van der Waals surface area contributed by atoms with Gasteiger partial charge in [0.05, 0.1) is 22.8 Å². The van der Waals surface area contributed by atoms with Gasteiger partial charge in [0, 0.05) is 33.4 Å². The fourth-order valence-electron chi connectivity index (χ4n) is 6.41. The lowest BCUT2D eigenvalue weighted by Gasteiger charge is -2.31. The number of nitrogens with zero attached hydrogens (tertiary/aromatic N) is 5. The molecule has 0 atom stereocenters. The number of aryl methyl sites for hydroxylation is 2. The van der Waals surface area contributed by atoms with Crippen LogP contribution in [0.4, 0.5) is 11.4 Å². The zero-order valence-electron chi connectivity index (χ0n) is 35.7. The smallest absolute Gasteiger partial charge is 0.186 e. The minimum absolute atomic E-state index is 0.0311. The predicted octanol–water partition coefficient (Wildman–Crippen LogP) is 13.7. The first-order valence-electron chi connectivity index (χ1n) is 19.3. The Hall–Kier alpha value is -5.43. The van der Waals surface area contributed by atoms with Gasteiger partial charge in [-0.15, -0.1) is 10.2 Å². The van der Waals surface area contributed by atoms with Gasteiger partial charge in [-0.2, -0.15) is 10.2 Å². The van der Waals surface area contributed by atoms with Crippen LogP contribution in [0.2, 0.25) is 0 Å². The molecule has 0 unspecified atom stereocenters. The maximum Gasteiger partial charge on any atom is 0.186 e. The molecular formula is C49H57N5O2. The highest BCUT2D eigenvalue weighted by Gasteiger charge is 2.36. The quantitative estimate of drug-likeness (QED) is 0.235. The molecule has 7 nitrogen and oxygen atoms in total. The van der Waals surface area contributed by atoms with Crippen molar-refractivity contribution in [2.45, 2.75) is 96.9 Å². The third-order valence-electron chi connectivity index (χ3n) is 9.79. The first-order valence-corrected chi connectivity index (χ1v) is 19.3. The monoisotopic (exact) mass is 747 g/mol. The number of ketones is 2. The van der Waals surface area contributed by atoms with Gasteiger partial charge in [0.2, 0.25) is 0 Å². The molecular weight excluding hydrogens is 691 g/mol. The molecule has 3 aromatic rings. The zero-order valence-corrected chi connectivity index (χ0v) is 35.7. The van der Waals surface area contributed by atoms with Crippen LogP contribution in [0.15, 0.2) is 145 Å². The van der Waals surface area contributed by atoms with Crippen molar-refractivity contribution in [3.63, 3.8) is 0 Å². The highest BCUT2D eigenvalue weighted by Crippen LogP contribution is 2.43. The molecule has 1 heterocycles. The standard InChI is InChI=1S/C49H57N5O2/c1-30-18-22-34(23-19-30)51-53-42(32-26-36(46(3,4)5)44(55)37(27-32)47(6,7)8)40-16-15-17-41(50-40)43(54-52-35-24-20-31(2)21-25-35)33-28-38(48(9,10)11)45(56)39(29-33)49(12,13)14/h15-29H,1-14H3/b53-51+,54-52+. The number of pyridine rings is 1. The number of aromatic nitrogens is 1. The summed E-state index contributed by atoms with van der Waals surface area (Å²) >= 11 is 0. The highest BCUT2D eigenvalue weighted by atomic mass is 16.1. The van der Waals surface area contributed by atoms with Crippen LogP contribution >= 0.6 is 0 Å². The lowest BCUT2D eigenvalue weighted by molar-refractivity contribution is -0.114. The number of carbonyl (C=O) groups is 2. The van der Waals surface area contributed by atoms with E-state index >= 15 is 0 Å². The maximum atomic E-state index is 14.0. The molecule has 2 aliphatic carbocycles. The summed E-state index contributed by atoms with van der Waals surface area (Å²) in [5, 5.41) is 19.2. The van der Waals surface area contributed by atoms with Crippen LogP contribution in [0.5, 0.6) is 0 Å². The van der Waals surface area contributed by atoms with Crippen molar-refractivity contribution in [3.8, 4) is 0 Å². The van der Waals surface area contributed by atoms with Crippen LogP contribution in [0.3, 0.4) is 0 Å². The molecule has 56 heavy (non-hydrogen) atoms. The second-order valence-corrected chi connectivity index (χ2v) is 19.0. The van der Waals surface area contributed by atoms with Gasteiger partial charge in [-0.1, -0.05) is 125 Å². The summed E-state index contributed by atoms with van der Waals surface area (Å²) in [6.45, 7) is 28.7. The molecule has 0 amide bonds. The molecule has 0 fully saturated rings. The Labute approximate surface area is 334 Å². The van der Waals surface area contributed by atoms with Crippen molar-refractivity contribution in [3.05, 3.63) is 147 Å². The summed E-state index contributed by atoms with van der Waals surface area (Å²) in [4.78, 5) is 33.2. The van der Waals surface area contributed by atoms with E-state index < -0.39 is 21.7 Å². The molecule has 2 aromatic carbocycles. The average Bonchev–Trinajstić information content (AvgIpc) is 3.09. The fourth-order valence-corrected chi connectivity index (χ4v) is 6.41. The van der Waals surface area contributed by atoms with Crippen molar-refractivity contribution in [1.29, 1.82) is 0 Å². The third-order valence-corrected chi connectivity index (χ3v) is 9.79. The SMILES string of the molecule is Cc1ccc(/N=N/C(=C2C=C(C(C)(C)C)C(=O)C(C(C)(C)C)=C2)c2cccc(C(/N=N/c3ccc(C)cc3)=C3C=C(C(C)(C)C)C(=O)C(C(C)(C)C)=C3)n2)cc1. The van der Waals surface area contributed by atoms with E-state index in [-0.39, 0.29) is 11.6 Å².